The molecule has 0 saturated carbocycles. The third kappa shape index (κ3) is 4.64. The largest absolute Gasteiger partial charge is 0.381 e. The monoisotopic (exact) mass is 387 g/mol. The summed E-state index contributed by atoms with van der Waals surface area (Å²) >= 11 is 0. The molecule has 7 nitrogen and oxygen atoms in total. The van der Waals surface area contributed by atoms with Gasteiger partial charge in [0.2, 0.25) is 5.91 Å². The van der Waals surface area contributed by atoms with Crippen molar-refractivity contribution in [2.45, 2.75) is 37.8 Å². The maximum Gasteiger partial charge on any atom is 0.227 e. The van der Waals surface area contributed by atoms with Gasteiger partial charge in [-0.2, -0.15) is 0 Å². The van der Waals surface area contributed by atoms with Crippen LogP contribution in [0.4, 0.5) is 5.69 Å². The van der Waals surface area contributed by atoms with E-state index in [1.807, 2.05) is 12.3 Å². The van der Waals surface area contributed by atoms with Crippen LogP contribution < -0.4 is 10.6 Å². The van der Waals surface area contributed by atoms with Gasteiger partial charge in [0.1, 0.15) is 0 Å². The van der Waals surface area contributed by atoms with Crippen molar-refractivity contribution in [2.24, 2.45) is 11.7 Å². The lowest BCUT2D eigenvalue weighted by molar-refractivity contribution is -0.136. The van der Waals surface area contributed by atoms with Crippen molar-refractivity contribution < 1.29 is 9.53 Å². The third-order valence-corrected chi connectivity index (χ3v) is 6.47. The molecule has 4 rings (SSSR count). The molecule has 28 heavy (non-hydrogen) atoms. The smallest absolute Gasteiger partial charge is 0.227 e. The Balaban J connectivity index is 1.35. The van der Waals surface area contributed by atoms with Crippen LogP contribution in [-0.4, -0.2) is 85.3 Å². The molecule has 2 atom stereocenters. The molecule has 7 heteroatoms. The lowest BCUT2D eigenvalue weighted by atomic mass is 9.99. The number of anilines is 1. The molecule has 0 bridgehead atoms. The van der Waals surface area contributed by atoms with Crippen molar-refractivity contribution in [3.63, 3.8) is 0 Å². The summed E-state index contributed by atoms with van der Waals surface area (Å²) in [5.41, 5.74) is 7.48. The van der Waals surface area contributed by atoms with Gasteiger partial charge in [-0.05, 0) is 37.8 Å². The number of amides is 1. The predicted octanol–water partition coefficient (Wildman–Crippen LogP) is 0.949. The molecule has 3 saturated heterocycles. The first-order valence-corrected chi connectivity index (χ1v) is 10.7. The van der Waals surface area contributed by atoms with Gasteiger partial charge in [0.15, 0.2) is 0 Å². The molecule has 1 amide bonds. The zero-order valence-electron chi connectivity index (χ0n) is 16.7. The van der Waals surface area contributed by atoms with Gasteiger partial charge in [-0.15, -0.1) is 0 Å². The number of carbonyl (C=O) groups excluding carboxylic acids is 1. The van der Waals surface area contributed by atoms with Crippen LogP contribution in [0.25, 0.3) is 0 Å². The minimum absolute atomic E-state index is 0.0707. The molecule has 0 aromatic carbocycles. The molecule has 3 fully saturated rings. The lowest BCUT2D eigenvalue weighted by Crippen LogP contribution is -2.52. The molecule has 4 heterocycles. The van der Waals surface area contributed by atoms with Gasteiger partial charge < -0.3 is 20.3 Å². The minimum Gasteiger partial charge on any atom is -0.381 e. The molecule has 3 aliphatic rings. The van der Waals surface area contributed by atoms with Gasteiger partial charge in [0.25, 0.3) is 0 Å². The van der Waals surface area contributed by atoms with E-state index in [1.54, 1.807) is 6.20 Å². The number of hydrogen-bond donors (Lipinski definition) is 1. The van der Waals surface area contributed by atoms with Crippen LogP contribution >= 0.6 is 0 Å². The average Bonchev–Trinajstić information content (AvgIpc) is 2.96. The highest BCUT2D eigenvalue weighted by Crippen LogP contribution is 2.24. The van der Waals surface area contributed by atoms with E-state index < -0.39 is 0 Å². The van der Waals surface area contributed by atoms with Gasteiger partial charge in [-0.3, -0.25) is 14.7 Å². The number of carbonyl (C=O) groups is 1. The molecule has 154 valence electrons. The highest BCUT2D eigenvalue weighted by molar-refractivity contribution is 5.79. The van der Waals surface area contributed by atoms with E-state index in [1.165, 1.54) is 0 Å². The van der Waals surface area contributed by atoms with E-state index in [4.69, 9.17) is 10.5 Å². The van der Waals surface area contributed by atoms with Crippen LogP contribution in [0.5, 0.6) is 0 Å². The second-order valence-corrected chi connectivity index (χ2v) is 8.36. The number of rotatable bonds is 3. The first kappa shape index (κ1) is 19.6. The van der Waals surface area contributed by atoms with Crippen molar-refractivity contribution in [2.75, 3.05) is 57.4 Å². The Morgan fingerprint density at radius 3 is 2.57 bits per heavy atom. The van der Waals surface area contributed by atoms with Gasteiger partial charge in [0, 0.05) is 70.8 Å². The topological polar surface area (TPSA) is 74.9 Å². The standard InChI is InChI=1S/C21H33N5O2/c22-18-4-3-17(15-26(16-18)19-5-12-28-13-6-19)21(27)25-10-8-24(9-11-25)20-2-1-7-23-14-20/h1-2,7,14,17-19H,3-6,8-13,15-16,22H2/t17-,18+/m1/s1. The molecule has 0 unspecified atom stereocenters. The molecule has 1 aromatic rings. The van der Waals surface area contributed by atoms with Crippen LogP contribution in [0.15, 0.2) is 24.5 Å². The Bertz CT molecular complexity index is 629. The quantitative estimate of drug-likeness (QED) is 0.832. The van der Waals surface area contributed by atoms with Crippen LogP contribution in [0.1, 0.15) is 25.7 Å². The second kappa shape index (κ2) is 9.20. The SMILES string of the molecule is N[C@H]1CC[C@@H](C(=O)N2CCN(c3cccnc3)CC2)CN(C2CCOCC2)C1. The van der Waals surface area contributed by atoms with E-state index in [9.17, 15) is 4.79 Å². The summed E-state index contributed by atoms with van der Waals surface area (Å²) in [5.74, 6) is 0.387. The molecular formula is C21H33N5O2. The molecule has 0 aliphatic carbocycles. The molecular weight excluding hydrogens is 354 g/mol. The van der Waals surface area contributed by atoms with E-state index >= 15 is 0 Å². The van der Waals surface area contributed by atoms with Crippen LogP contribution in [0.2, 0.25) is 0 Å². The summed E-state index contributed by atoms with van der Waals surface area (Å²) in [5, 5.41) is 0. The summed E-state index contributed by atoms with van der Waals surface area (Å²) in [4.78, 5) is 24.4. The third-order valence-electron chi connectivity index (χ3n) is 6.47. The zero-order chi connectivity index (χ0) is 19.3. The van der Waals surface area contributed by atoms with Crippen LogP contribution in [0, 0.1) is 5.92 Å². The van der Waals surface area contributed by atoms with Gasteiger partial charge >= 0.3 is 0 Å². The van der Waals surface area contributed by atoms with E-state index in [-0.39, 0.29) is 12.0 Å². The maximum absolute atomic E-state index is 13.3. The molecule has 2 N–H and O–H groups in total. The zero-order valence-corrected chi connectivity index (χ0v) is 16.7. The van der Waals surface area contributed by atoms with Crippen molar-refractivity contribution in [1.82, 2.24) is 14.8 Å². The summed E-state index contributed by atoms with van der Waals surface area (Å²) in [6.45, 7) is 6.71. The Hall–Kier alpha value is -1.70. The van der Waals surface area contributed by atoms with E-state index in [0.717, 1.165) is 83.9 Å². The fraction of sp³-hybridized carbons (Fsp3) is 0.714. The average molecular weight is 388 g/mol. The first-order chi connectivity index (χ1) is 13.7. The summed E-state index contributed by atoms with van der Waals surface area (Å²) < 4.78 is 5.52. The van der Waals surface area contributed by atoms with Crippen molar-refractivity contribution in [3.05, 3.63) is 24.5 Å². The molecule has 3 aliphatic heterocycles. The van der Waals surface area contributed by atoms with Crippen molar-refractivity contribution in [1.29, 1.82) is 0 Å². The van der Waals surface area contributed by atoms with Crippen LogP contribution in [-0.2, 0) is 9.53 Å². The normalized spacial score (nSPS) is 28.2. The van der Waals surface area contributed by atoms with E-state index in [0.29, 0.717) is 11.9 Å². The molecule has 0 radical (unpaired) electrons. The number of hydrogen-bond acceptors (Lipinski definition) is 6. The van der Waals surface area contributed by atoms with Crippen LogP contribution in [0.3, 0.4) is 0 Å². The minimum atomic E-state index is 0.0707. The summed E-state index contributed by atoms with van der Waals surface area (Å²) in [7, 11) is 0. The number of likely N-dealkylation sites (tertiary alicyclic amines) is 1. The number of piperazine rings is 1. The highest BCUT2D eigenvalue weighted by Gasteiger charge is 2.34. The fourth-order valence-electron chi connectivity index (χ4n) is 4.79. The second-order valence-electron chi connectivity index (χ2n) is 8.36. The number of ether oxygens (including phenoxy) is 1. The maximum atomic E-state index is 13.3. The number of aromatic nitrogens is 1. The van der Waals surface area contributed by atoms with Gasteiger partial charge in [-0.1, -0.05) is 0 Å². The Morgan fingerprint density at radius 1 is 1.07 bits per heavy atom. The highest BCUT2D eigenvalue weighted by atomic mass is 16.5. The van der Waals surface area contributed by atoms with Gasteiger partial charge in [-0.25, -0.2) is 0 Å². The molecule has 1 aromatic heterocycles. The Morgan fingerprint density at radius 2 is 1.86 bits per heavy atom. The number of nitrogens with two attached hydrogens (primary N) is 1. The molecule has 0 spiro atoms. The van der Waals surface area contributed by atoms with Crippen molar-refractivity contribution >= 4 is 11.6 Å². The Kier molecular flexibility index (Phi) is 6.44. The summed E-state index contributed by atoms with van der Waals surface area (Å²) in [6.07, 6.45) is 7.64. The number of nitrogens with zero attached hydrogens (tertiary/aromatic N) is 4. The summed E-state index contributed by atoms with van der Waals surface area (Å²) in [6, 6.07) is 4.73. The fourth-order valence-corrected chi connectivity index (χ4v) is 4.79. The van der Waals surface area contributed by atoms with Crippen molar-refractivity contribution in [3.8, 4) is 0 Å². The van der Waals surface area contributed by atoms with Gasteiger partial charge in [0.05, 0.1) is 17.8 Å². The first-order valence-electron chi connectivity index (χ1n) is 10.7. The Labute approximate surface area is 167 Å². The van der Waals surface area contributed by atoms with E-state index in [2.05, 4.69) is 25.8 Å². The predicted molar refractivity (Wildman–Crippen MR) is 109 cm³/mol. The lowest BCUT2D eigenvalue weighted by Gasteiger charge is -2.39. The number of pyridine rings is 1.